The molecule has 0 aromatic rings. The SMILES string of the molecule is CCCCCCCCCCCCCCCCCCCCCCCCCCCCCC(=O)OCC(COC(=O)CCCCCCCCCC)OC(=O)CCCCCCCCCCCCCCCCCCCC. The average molecular weight is 1000 g/mol. The van der Waals surface area contributed by atoms with Gasteiger partial charge in [-0.3, -0.25) is 14.4 Å². The lowest BCUT2D eigenvalue weighted by Crippen LogP contribution is -2.30. The second-order valence-corrected chi connectivity index (χ2v) is 22.4. The van der Waals surface area contributed by atoms with E-state index in [-0.39, 0.29) is 31.1 Å². The van der Waals surface area contributed by atoms with Crippen molar-refractivity contribution in [3.63, 3.8) is 0 Å². The summed E-state index contributed by atoms with van der Waals surface area (Å²) in [6.07, 6.45) is 70.0. The van der Waals surface area contributed by atoms with Crippen LogP contribution in [0.25, 0.3) is 0 Å². The topological polar surface area (TPSA) is 78.9 Å². The first kappa shape index (κ1) is 69.4. The molecular weight excluding hydrogens is 877 g/mol. The normalized spacial score (nSPS) is 11.9. The predicted octanol–water partition coefficient (Wildman–Crippen LogP) is 21.9. The fraction of sp³-hybridized carbons (Fsp3) is 0.954. The Hall–Kier alpha value is -1.59. The van der Waals surface area contributed by atoms with Gasteiger partial charge in [0.1, 0.15) is 13.2 Å². The molecule has 0 rings (SSSR count). The molecule has 0 amide bonds. The molecule has 0 saturated carbocycles. The maximum absolute atomic E-state index is 12.9. The fourth-order valence-electron chi connectivity index (χ4n) is 10.2. The number of esters is 3. The summed E-state index contributed by atoms with van der Waals surface area (Å²) in [5.41, 5.74) is 0. The lowest BCUT2D eigenvalue weighted by molar-refractivity contribution is -0.167. The van der Waals surface area contributed by atoms with Crippen molar-refractivity contribution in [2.45, 2.75) is 386 Å². The first-order valence-corrected chi connectivity index (χ1v) is 32.5. The Kier molecular flexibility index (Phi) is 59.6. The van der Waals surface area contributed by atoms with Crippen molar-refractivity contribution in [3.05, 3.63) is 0 Å². The van der Waals surface area contributed by atoms with Crippen LogP contribution in [-0.2, 0) is 28.6 Å². The van der Waals surface area contributed by atoms with Crippen LogP contribution in [0.5, 0.6) is 0 Å². The summed E-state index contributed by atoms with van der Waals surface area (Å²) >= 11 is 0. The minimum absolute atomic E-state index is 0.0613. The highest BCUT2D eigenvalue weighted by atomic mass is 16.6. The summed E-state index contributed by atoms with van der Waals surface area (Å²) in [5.74, 6) is -0.834. The maximum Gasteiger partial charge on any atom is 0.306 e. The van der Waals surface area contributed by atoms with Crippen molar-refractivity contribution in [2.24, 2.45) is 0 Å². The molecule has 0 saturated heterocycles. The van der Waals surface area contributed by atoms with Gasteiger partial charge in [-0.05, 0) is 19.3 Å². The Labute approximate surface area is 444 Å². The predicted molar refractivity (Wildman–Crippen MR) is 307 cm³/mol. The molecule has 0 spiro atoms. The summed E-state index contributed by atoms with van der Waals surface area (Å²) in [6.45, 7) is 6.69. The Bertz CT molecular complexity index is 1060. The maximum atomic E-state index is 12.9. The average Bonchev–Trinajstić information content (AvgIpc) is 3.37. The number of unbranched alkanes of at least 4 members (excludes halogenated alkanes) is 50. The zero-order chi connectivity index (χ0) is 51.4. The summed E-state index contributed by atoms with van der Waals surface area (Å²) in [5, 5.41) is 0. The van der Waals surface area contributed by atoms with Gasteiger partial charge in [0.05, 0.1) is 0 Å². The summed E-state index contributed by atoms with van der Waals surface area (Å²) < 4.78 is 16.9. The molecule has 0 aliphatic rings. The second-order valence-electron chi connectivity index (χ2n) is 22.4. The van der Waals surface area contributed by atoms with Crippen molar-refractivity contribution < 1.29 is 28.6 Å². The van der Waals surface area contributed by atoms with E-state index in [9.17, 15) is 14.4 Å². The Balaban J connectivity index is 4.04. The third-order valence-corrected chi connectivity index (χ3v) is 15.1. The Morgan fingerprint density at radius 1 is 0.225 bits per heavy atom. The molecule has 6 heteroatoms. The lowest BCUT2D eigenvalue weighted by atomic mass is 10.0. The number of carbonyl (C=O) groups is 3. The van der Waals surface area contributed by atoms with Crippen molar-refractivity contribution in [1.82, 2.24) is 0 Å². The molecule has 1 atom stereocenters. The van der Waals surface area contributed by atoms with E-state index in [2.05, 4.69) is 20.8 Å². The quantitative estimate of drug-likeness (QED) is 0.0343. The van der Waals surface area contributed by atoms with E-state index in [0.29, 0.717) is 19.3 Å². The van der Waals surface area contributed by atoms with Gasteiger partial charge >= 0.3 is 17.9 Å². The van der Waals surface area contributed by atoms with Gasteiger partial charge in [-0.1, -0.05) is 342 Å². The molecule has 0 aliphatic heterocycles. The van der Waals surface area contributed by atoms with Crippen LogP contribution in [-0.4, -0.2) is 37.2 Å². The summed E-state index contributed by atoms with van der Waals surface area (Å²) in [6, 6.07) is 0. The van der Waals surface area contributed by atoms with Gasteiger partial charge in [0, 0.05) is 19.3 Å². The first-order chi connectivity index (χ1) is 35.0. The van der Waals surface area contributed by atoms with Gasteiger partial charge in [0.2, 0.25) is 0 Å². The second kappa shape index (κ2) is 61.0. The first-order valence-electron chi connectivity index (χ1n) is 32.5. The lowest BCUT2D eigenvalue weighted by Gasteiger charge is -2.18. The Morgan fingerprint density at radius 2 is 0.380 bits per heavy atom. The summed E-state index contributed by atoms with van der Waals surface area (Å²) in [7, 11) is 0. The molecule has 0 aromatic carbocycles. The molecule has 422 valence electrons. The van der Waals surface area contributed by atoms with Crippen molar-refractivity contribution in [2.75, 3.05) is 13.2 Å². The molecule has 0 radical (unpaired) electrons. The molecule has 0 N–H and O–H groups in total. The number of rotatable bonds is 61. The monoisotopic (exact) mass is 1000 g/mol. The molecule has 0 aromatic heterocycles. The van der Waals surface area contributed by atoms with E-state index in [1.807, 2.05) is 0 Å². The zero-order valence-corrected chi connectivity index (χ0v) is 48.5. The van der Waals surface area contributed by atoms with Crippen molar-refractivity contribution in [1.29, 1.82) is 0 Å². The fourth-order valence-corrected chi connectivity index (χ4v) is 10.2. The van der Waals surface area contributed by atoms with Crippen LogP contribution in [0.15, 0.2) is 0 Å². The minimum atomic E-state index is -0.761. The smallest absolute Gasteiger partial charge is 0.306 e. The highest BCUT2D eigenvalue weighted by molar-refractivity contribution is 5.71. The van der Waals surface area contributed by atoms with Gasteiger partial charge in [-0.25, -0.2) is 0 Å². The summed E-state index contributed by atoms with van der Waals surface area (Å²) in [4.78, 5) is 38.1. The minimum Gasteiger partial charge on any atom is -0.462 e. The van der Waals surface area contributed by atoms with Crippen LogP contribution < -0.4 is 0 Å². The van der Waals surface area contributed by atoms with E-state index < -0.39 is 6.10 Å². The molecular formula is C65H126O6. The number of carbonyl (C=O) groups excluding carboxylic acids is 3. The van der Waals surface area contributed by atoms with E-state index in [1.54, 1.807) is 0 Å². The van der Waals surface area contributed by atoms with E-state index in [1.165, 1.54) is 283 Å². The molecule has 1 unspecified atom stereocenters. The van der Waals surface area contributed by atoms with E-state index >= 15 is 0 Å². The highest BCUT2D eigenvalue weighted by Crippen LogP contribution is 2.19. The largest absolute Gasteiger partial charge is 0.462 e. The van der Waals surface area contributed by atoms with Crippen LogP contribution in [0.1, 0.15) is 380 Å². The van der Waals surface area contributed by atoms with Gasteiger partial charge in [0.25, 0.3) is 0 Å². The number of hydrogen-bond acceptors (Lipinski definition) is 6. The van der Waals surface area contributed by atoms with Crippen molar-refractivity contribution >= 4 is 17.9 Å². The number of ether oxygens (including phenoxy) is 3. The van der Waals surface area contributed by atoms with Gasteiger partial charge in [0.15, 0.2) is 6.10 Å². The standard InChI is InChI=1S/C65H126O6/c1-4-7-10-13-16-19-21-23-25-27-29-30-31-32-33-34-35-36-37-39-40-42-44-46-49-52-55-58-64(67)70-61-62(60-69-63(66)57-54-51-48-18-15-12-9-6-3)71-65(68)59-56-53-50-47-45-43-41-38-28-26-24-22-20-17-14-11-8-5-2/h62H,4-61H2,1-3H3. The van der Waals surface area contributed by atoms with Crippen molar-refractivity contribution in [3.8, 4) is 0 Å². The van der Waals surface area contributed by atoms with Crippen LogP contribution >= 0.6 is 0 Å². The third kappa shape index (κ3) is 59.2. The van der Waals surface area contributed by atoms with Crippen LogP contribution in [0, 0.1) is 0 Å². The van der Waals surface area contributed by atoms with Crippen LogP contribution in [0.3, 0.4) is 0 Å². The molecule has 0 fully saturated rings. The Morgan fingerprint density at radius 3 is 0.563 bits per heavy atom. The van der Waals surface area contributed by atoms with Crippen LogP contribution in [0.4, 0.5) is 0 Å². The third-order valence-electron chi connectivity index (χ3n) is 15.1. The molecule has 0 bridgehead atoms. The van der Waals surface area contributed by atoms with E-state index in [0.717, 1.165) is 57.8 Å². The number of hydrogen-bond donors (Lipinski definition) is 0. The highest BCUT2D eigenvalue weighted by Gasteiger charge is 2.19. The molecule has 6 nitrogen and oxygen atoms in total. The van der Waals surface area contributed by atoms with E-state index in [4.69, 9.17) is 14.2 Å². The molecule has 0 aliphatic carbocycles. The molecule has 71 heavy (non-hydrogen) atoms. The van der Waals surface area contributed by atoms with Gasteiger partial charge in [-0.15, -0.1) is 0 Å². The van der Waals surface area contributed by atoms with Crippen LogP contribution in [0.2, 0.25) is 0 Å². The molecule has 0 heterocycles. The van der Waals surface area contributed by atoms with Gasteiger partial charge < -0.3 is 14.2 Å². The van der Waals surface area contributed by atoms with Gasteiger partial charge in [-0.2, -0.15) is 0 Å². The zero-order valence-electron chi connectivity index (χ0n) is 48.5.